The van der Waals surface area contributed by atoms with Crippen molar-refractivity contribution in [2.24, 2.45) is 17.3 Å². The predicted octanol–water partition coefficient (Wildman–Crippen LogP) is 6.65. The third kappa shape index (κ3) is 8.80. The molecule has 0 N–H and O–H groups in total. The minimum absolute atomic E-state index is 0.00283. The van der Waals surface area contributed by atoms with Crippen molar-refractivity contribution >= 4 is 20.2 Å². The fraction of sp³-hybridized carbons (Fsp3) is 0.696. The second-order valence-corrected chi connectivity index (χ2v) is 15.5. The van der Waals surface area contributed by atoms with E-state index in [4.69, 9.17) is 14.0 Å². The molecule has 0 saturated carbocycles. The number of benzene rings is 1. The van der Waals surface area contributed by atoms with E-state index in [1.54, 1.807) is 12.1 Å². The highest BCUT2D eigenvalue weighted by atomic mass is 28.4. The van der Waals surface area contributed by atoms with E-state index in [0.717, 1.165) is 18.4 Å². The standard InChI is InChI=1S/C22H39NO3Si.CO2/c1-16(13-17(2)21(3,4)5)14-18-11-12-20(19(15-18)23(24)25)26-27(9,10)22(6,7)8;2-1-3/h11-12,15-17H,13-14H2,1-10H3;/t16-,17?;/m1./s1. The van der Waals surface area contributed by atoms with E-state index < -0.39 is 8.32 Å². The Kier molecular flexibility index (Phi) is 10.2. The molecule has 6 nitrogen and oxygen atoms in total. The van der Waals surface area contributed by atoms with E-state index in [9.17, 15) is 10.1 Å². The quantitative estimate of drug-likeness (QED) is 0.271. The second-order valence-electron chi connectivity index (χ2n) is 10.8. The molecule has 1 aromatic carbocycles. The number of nitro groups is 1. The van der Waals surface area contributed by atoms with E-state index in [-0.39, 0.29) is 27.2 Å². The van der Waals surface area contributed by atoms with Gasteiger partial charge in [0.05, 0.1) is 4.92 Å². The van der Waals surface area contributed by atoms with Crippen LogP contribution in [-0.4, -0.2) is 19.4 Å². The molecule has 0 fully saturated rings. The summed E-state index contributed by atoms with van der Waals surface area (Å²) < 4.78 is 6.23. The van der Waals surface area contributed by atoms with Gasteiger partial charge in [-0.15, -0.1) is 0 Å². The minimum Gasteiger partial charge on any atom is -0.539 e. The van der Waals surface area contributed by atoms with Gasteiger partial charge in [-0.2, -0.15) is 9.59 Å². The molecule has 0 aliphatic rings. The lowest BCUT2D eigenvalue weighted by Gasteiger charge is -2.36. The summed E-state index contributed by atoms with van der Waals surface area (Å²) in [7, 11) is -2.12. The molecular weight excluding hydrogens is 398 g/mol. The van der Waals surface area contributed by atoms with Crippen LogP contribution in [0, 0.1) is 27.4 Å². The highest BCUT2D eigenvalue weighted by Crippen LogP contribution is 2.40. The van der Waals surface area contributed by atoms with E-state index in [1.165, 1.54) is 0 Å². The Bertz CT molecular complexity index is 741. The van der Waals surface area contributed by atoms with Crippen molar-refractivity contribution in [3.8, 4) is 5.75 Å². The van der Waals surface area contributed by atoms with Crippen LogP contribution in [-0.2, 0) is 16.0 Å². The van der Waals surface area contributed by atoms with Crippen molar-refractivity contribution in [3.05, 3.63) is 33.9 Å². The molecule has 1 unspecified atom stereocenters. The number of rotatable bonds is 7. The molecular formula is C23H39NO5Si. The first-order chi connectivity index (χ1) is 13.5. The van der Waals surface area contributed by atoms with Crippen molar-refractivity contribution in [2.75, 3.05) is 0 Å². The lowest BCUT2D eigenvalue weighted by molar-refractivity contribution is -0.385. The molecule has 0 amide bonds. The average Bonchev–Trinajstić information content (AvgIpc) is 2.54. The van der Waals surface area contributed by atoms with Crippen molar-refractivity contribution in [1.82, 2.24) is 0 Å². The van der Waals surface area contributed by atoms with Gasteiger partial charge >= 0.3 is 11.8 Å². The third-order valence-electron chi connectivity index (χ3n) is 6.21. The van der Waals surface area contributed by atoms with Gasteiger partial charge in [-0.1, -0.05) is 61.5 Å². The van der Waals surface area contributed by atoms with Crippen LogP contribution in [0.15, 0.2) is 18.2 Å². The topological polar surface area (TPSA) is 86.5 Å². The minimum atomic E-state index is -2.12. The smallest absolute Gasteiger partial charge is 0.373 e. The highest BCUT2D eigenvalue weighted by Gasteiger charge is 2.40. The Balaban J connectivity index is 0.00000263. The fourth-order valence-electron chi connectivity index (χ4n) is 2.79. The van der Waals surface area contributed by atoms with Gasteiger partial charge in [0.25, 0.3) is 8.32 Å². The summed E-state index contributed by atoms with van der Waals surface area (Å²) in [4.78, 5) is 27.6. The molecule has 0 bridgehead atoms. The summed E-state index contributed by atoms with van der Waals surface area (Å²) in [6.45, 7) is 21.9. The van der Waals surface area contributed by atoms with Gasteiger partial charge in [-0.25, -0.2) is 0 Å². The molecule has 30 heavy (non-hydrogen) atoms. The van der Waals surface area contributed by atoms with Crippen molar-refractivity contribution in [2.45, 2.75) is 86.4 Å². The summed E-state index contributed by atoms with van der Waals surface area (Å²) in [6.07, 6.45) is 2.21. The summed E-state index contributed by atoms with van der Waals surface area (Å²) in [5, 5.41) is 11.6. The van der Waals surface area contributed by atoms with Crippen LogP contribution in [0.5, 0.6) is 5.75 Å². The van der Waals surface area contributed by atoms with Gasteiger partial charge in [-0.05, 0) is 59.9 Å². The first kappa shape index (κ1) is 28.0. The lowest BCUT2D eigenvalue weighted by Crippen LogP contribution is -2.44. The molecule has 2 atom stereocenters. The Morgan fingerprint density at radius 1 is 1.10 bits per heavy atom. The normalized spacial score (nSPS) is 14.1. The van der Waals surface area contributed by atoms with Crippen LogP contribution in [0.2, 0.25) is 18.1 Å². The summed E-state index contributed by atoms with van der Waals surface area (Å²) >= 11 is 0. The maximum atomic E-state index is 11.6. The number of nitro benzene ring substituents is 1. The van der Waals surface area contributed by atoms with Gasteiger partial charge in [-0.3, -0.25) is 10.1 Å². The number of carbonyl (C=O) groups excluding carboxylic acids is 2. The summed E-state index contributed by atoms with van der Waals surface area (Å²) in [5.41, 5.74) is 1.38. The molecule has 7 heteroatoms. The zero-order valence-electron chi connectivity index (χ0n) is 20.3. The van der Waals surface area contributed by atoms with Crippen LogP contribution >= 0.6 is 0 Å². The maximum absolute atomic E-state index is 11.6. The van der Waals surface area contributed by atoms with Crippen LogP contribution in [0.25, 0.3) is 0 Å². The number of nitrogens with zero attached hydrogens (tertiary/aromatic N) is 1. The van der Waals surface area contributed by atoms with Gasteiger partial charge in [0.1, 0.15) is 0 Å². The number of hydrogen-bond donors (Lipinski definition) is 0. The highest BCUT2D eigenvalue weighted by molar-refractivity contribution is 6.74. The molecule has 0 aliphatic heterocycles. The Hall–Kier alpha value is -1.98. The first-order valence-electron chi connectivity index (χ1n) is 10.4. The third-order valence-corrected chi connectivity index (χ3v) is 10.6. The molecule has 170 valence electrons. The van der Waals surface area contributed by atoms with Crippen molar-refractivity contribution in [3.63, 3.8) is 0 Å². The van der Waals surface area contributed by atoms with Crippen LogP contribution in [0.4, 0.5) is 5.69 Å². The Morgan fingerprint density at radius 3 is 2.00 bits per heavy atom. The van der Waals surface area contributed by atoms with E-state index in [0.29, 0.717) is 17.6 Å². The monoisotopic (exact) mass is 437 g/mol. The summed E-state index contributed by atoms with van der Waals surface area (Å²) in [5.74, 6) is 1.49. The van der Waals surface area contributed by atoms with E-state index in [2.05, 4.69) is 68.5 Å². The fourth-order valence-corrected chi connectivity index (χ4v) is 3.82. The average molecular weight is 438 g/mol. The molecule has 0 radical (unpaired) electrons. The molecule has 1 aromatic rings. The van der Waals surface area contributed by atoms with E-state index >= 15 is 0 Å². The van der Waals surface area contributed by atoms with Gasteiger partial charge in [0.2, 0.25) is 0 Å². The zero-order valence-corrected chi connectivity index (χ0v) is 21.3. The Morgan fingerprint density at radius 2 is 1.60 bits per heavy atom. The first-order valence-corrected chi connectivity index (χ1v) is 13.3. The van der Waals surface area contributed by atoms with E-state index in [1.807, 2.05) is 6.07 Å². The van der Waals surface area contributed by atoms with Gasteiger partial charge in [0.15, 0.2) is 5.75 Å². The number of hydrogen-bond acceptors (Lipinski definition) is 5. The molecule has 0 heterocycles. The van der Waals surface area contributed by atoms with Crippen molar-refractivity contribution < 1.29 is 18.9 Å². The molecule has 1 rings (SSSR count). The molecule has 0 aromatic heterocycles. The van der Waals surface area contributed by atoms with Crippen molar-refractivity contribution in [1.29, 1.82) is 0 Å². The maximum Gasteiger partial charge on any atom is 0.373 e. The SMILES string of the molecule is CC(C[C@@H](C)Cc1ccc(O[Si](C)(C)C(C)(C)C)c([N+](=O)[O-])c1)C(C)(C)C.O=C=O. The zero-order chi connectivity index (χ0) is 23.9. The van der Waals surface area contributed by atoms with Gasteiger partial charge in [0, 0.05) is 6.07 Å². The molecule has 0 aliphatic carbocycles. The predicted molar refractivity (Wildman–Crippen MR) is 122 cm³/mol. The molecule has 0 saturated heterocycles. The Labute approximate surface area is 182 Å². The van der Waals surface area contributed by atoms with Crippen LogP contribution in [0.3, 0.4) is 0 Å². The van der Waals surface area contributed by atoms with Crippen LogP contribution < -0.4 is 4.43 Å². The molecule has 0 spiro atoms. The second kappa shape index (κ2) is 10.9. The lowest BCUT2D eigenvalue weighted by atomic mass is 9.76. The largest absolute Gasteiger partial charge is 0.539 e. The summed E-state index contributed by atoms with van der Waals surface area (Å²) in [6, 6.07) is 5.50. The van der Waals surface area contributed by atoms with Crippen LogP contribution in [0.1, 0.15) is 67.4 Å². The van der Waals surface area contributed by atoms with Gasteiger partial charge < -0.3 is 4.43 Å².